The molecule has 0 aromatic heterocycles. The fraction of sp³-hybridized carbons (Fsp3) is 0.364. The lowest BCUT2D eigenvalue weighted by Crippen LogP contribution is -2.21. The number of hydrogen-bond acceptors (Lipinski definition) is 4. The maximum absolute atomic E-state index is 10.8. The van der Waals surface area contributed by atoms with Crippen molar-refractivity contribution in [1.82, 2.24) is 0 Å². The molecule has 94 valence electrons. The molecule has 1 aromatic rings. The van der Waals surface area contributed by atoms with Gasteiger partial charge in [-0.1, -0.05) is 29.4 Å². The second kappa shape index (κ2) is 6.75. The number of carbonyl (C=O) groups excluding carboxylic acids is 1. The Bertz CT molecular complexity index is 414. The van der Waals surface area contributed by atoms with Gasteiger partial charge in [0, 0.05) is 17.1 Å². The van der Waals surface area contributed by atoms with Gasteiger partial charge < -0.3 is 10.2 Å². The van der Waals surface area contributed by atoms with Crippen LogP contribution in [0.4, 0.5) is 0 Å². The van der Waals surface area contributed by atoms with Crippen LogP contribution in [0, 0.1) is 0 Å². The van der Waals surface area contributed by atoms with Gasteiger partial charge in [0.2, 0.25) is 0 Å². The first-order chi connectivity index (χ1) is 7.91. The lowest BCUT2D eigenvalue weighted by atomic mass is 10.1. The van der Waals surface area contributed by atoms with E-state index in [1.165, 1.54) is 6.92 Å². The van der Waals surface area contributed by atoms with Crippen LogP contribution in [0.2, 0.25) is 5.02 Å². The van der Waals surface area contributed by atoms with Gasteiger partial charge in [0.25, 0.3) is 0 Å². The third-order valence-corrected chi connectivity index (χ3v) is 4.24. The highest BCUT2D eigenvalue weighted by Crippen LogP contribution is 2.28. The molecule has 3 nitrogen and oxygen atoms in total. The minimum atomic E-state index is -1.03. The molecule has 0 fully saturated rings. The molecule has 2 N–H and O–H groups in total. The molecule has 17 heavy (non-hydrogen) atoms. The summed E-state index contributed by atoms with van der Waals surface area (Å²) >= 11 is 10.1. The average Bonchev–Trinajstić information content (AvgIpc) is 2.28. The summed E-state index contributed by atoms with van der Waals surface area (Å²) in [5.41, 5.74) is 0.554. The second-order valence-corrected chi connectivity index (χ2v) is 5.95. The summed E-state index contributed by atoms with van der Waals surface area (Å²) in [4.78, 5) is 10.8. The zero-order valence-electron chi connectivity index (χ0n) is 9.06. The van der Waals surface area contributed by atoms with Crippen LogP contribution in [0.25, 0.3) is 0 Å². The highest BCUT2D eigenvalue weighted by molar-refractivity contribution is 9.10. The molecule has 0 aliphatic rings. The molecular formula is C11H12BrClO3S. The first-order valence-corrected chi connectivity index (χ1v) is 7.02. The van der Waals surface area contributed by atoms with Crippen molar-refractivity contribution >= 4 is 44.4 Å². The number of aliphatic hydroxyl groups is 2. The quantitative estimate of drug-likeness (QED) is 0.885. The largest absolute Gasteiger partial charge is 0.389 e. The van der Waals surface area contributed by atoms with Crippen molar-refractivity contribution < 1.29 is 15.0 Å². The van der Waals surface area contributed by atoms with Crippen molar-refractivity contribution in [2.75, 3.05) is 5.75 Å². The summed E-state index contributed by atoms with van der Waals surface area (Å²) in [5.74, 6) is 0.163. The highest BCUT2D eigenvalue weighted by atomic mass is 79.9. The molecule has 0 aliphatic carbocycles. The van der Waals surface area contributed by atoms with Crippen molar-refractivity contribution in [3.05, 3.63) is 33.3 Å². The number of rotatable bonds is 4. The Morgan fingerprint density at radius 2 is 2.18 bits per heavy atom. The Hall–Kier alpha value is -0.0700. The second-order valence-electron chi connectivity index (χ2n) is 3.49. The van der Waals surface area contributed by atoms with Gasteiger partial charge in [-0.15, -0.1) is 0 Å². The molecular weight excluding hydrogens is 328 g/mol. The van der Waals surface area contributed by atoms with E-state index >= 15 is 0 Å². The summed E-state index contributed by atoms with van der Waals surface area (Å²) < 4.78 is 0.655. The van der Waals surface area contributed by atoms with E-state index in [-0.39, 0.29) is 10.9 Å². The van der Waals surface area contributed by atoms with Gasteiger partial charge in [-0.3, -0.25) is 4.79 Å². The fourth-order valence-corrected chi connectivity index (χ4v) is 2.31. The molecule has 0 amide bonds. The third-order valence-electron chi connectivity index (χ3n) is 2.11. The first kappa shape index (κ1) is 15.0. The van der Waals surface area contributed by atoms with Gasteiger partial charge in [0.05, 0.1) is 11.1 Å². The fourth-order valence-electron chi connectivity index (χ4n) is 1.21. The number of aliphatic hydroxyl groups excluding tert-OH is 2. The van der Waals surface area contributed by atoms with Crippen LogP contribution in [-0.4, -0.2) is 27.2 Å². The van der Waals surface area contributed by atoms with Gasteiger partial charge in [-0.2, -0.15) is 0 Å². The molecule has 0 spiro atoms. The normalized spacial score (nSPS) is 14.4. The summed E-state index contributed by atoms with van der Waals surface area (Å²) in [6.07, 6.45) is -2.02. The summed E-state index contributed by atoms with van der Waals surface area (Å²) in [6, 6.07) is 4.92. The Labute approximate surface area is 117 Å². The monoisotopic (exact) mass is 338 g/mol. The minimum Gasteiger partial charge on any atom is -0.389 e. The number of halogens is 2. The summed E-state index contributed by atoms with van der Waals surface area (Å²) in [7, 11) is 0. The molecule has 0 saturated carbocycles. The molecule has 0 saturated heterocycles. The Kier molecular flexibility index (Phi) is 5.95. The third kappa shape index (κ3) is 4.60. The van der Waals surface area contributed by atoms with Crippen LogP contribution in [0.1, 0.15) is 18.6 Å². The van der Waals surface area contributed by atoms with Crippen molar-refractivity contribution in [3.63, 3.8) is 0 Å². The zero-order chi connectivity index (χ0) is 13.0. The molecule has 1 aromatic carbocycles. The summed E-state index contributed by atoms with van der Waals surface area (Å²) in [5, 5.41) is 20.0. The van der Waals surface area contributed by atoms with E-state index < -0.39 is 12.2 Å². The standard InChI is InChI=1S/C11H12BrClO3S/c1-6(14)17-5-10(15)11(16)7-2-3-9(13)8(12)4-7/h2-4,10-11,15-16H,5H2,1H3. The molecule has 0 bridgehead atoms. The van der Waals surface area contributed by atoms with E-state index in [2.05, 4.69) is 15.9 Å². The number of benzene rings is 1. The first-order valence-electron chi connectivity index (χ1n) is 4.86. The molecule has 1 rings (SSSR count). The van der Waals surface area contributed by atoms with E-state index in [9.17, 15) is 15.0 Å². The van der Waals surface area contributed by atoms with E-state index in [4.69, 9.17) is 11.6 Å². The Morgan fingerprint density at radius 3 is 2.71 bits per heavy atom. The Balaban J connectivity index is 2.70. The molecule has 0 radical (unpaired) electrons. The van der Waals surface area contributed by atoms with Gasteiger partial charge >= 0.3 is 0 Å². The summed E-state index contributed by atoms with van der Waals surface area (Å²) in [6.45, 7) is 1.42. The van der Waals surface area contributed by atoms with Crippen LogP contribution >= 0.6 is 39.3 Å². The van der Waals surface area contributed by atoms with E-state index in [0.717, 1.165) is 11.8 Å². The SMILES string of the molecule is CC(=O)SCC(O)C(O)c1ccc(Cl)c(Br)c1. The minimum absolute atomic E-state index is 0.0893. The Morgan fingerprint density at radius 1 is 1.53 bits per heavy atom. The van der Waals surface area contributed by atoms with Crippen LogP contribution in [0.3, 0.4) is 0 Å². The average molecular weight is 340 g/mol. The van der Waals surface area contributed by atoms with Crippen molar-refractivity contribution in [2.24, 2.45) is 0 Å². The van der Waals surface area contributed by atoms with E-state index in [0.29, 0.717) is 15.1 Å². The van der Waals surface area contributed by atoms with Crippen molar-refractivity contribution in [1.29, 1.82) is 0 Å². The van der Waals surface area contributed by atoms with Crippen LogP contribution < -0.4 is 0 Å². The van der Waals surface area contributed by atoms with E-state index in [1.807, 2.05) is 0 Å². The highest BCUT2D eigenvalue weighted by Gasteiger charge is 2.19. The van der Waals surface area contributed by atoms with Gasteiger partial charge in [-0.25, -0.2) is 0 Å². The van der Waals surface area contributed by atoms with E-state index in [1.54, 1.807) is 18.2 Å². The zero-order valence-corrected chi connectivity index (χ0v) is 12.2. The molecule has 2 unspecified atom stereocenters. The molecule has 6 heteroatoms. The predicted octanol–water partition coefficient (Wildman–Crippen LogP) is 2.78. The lowest BCUT2D eigenvalue weighted by Gasteiger charge is -2.17. The smallest absolute Gasteiger partial charge is 0.185 e. The van der Waals surface area contributed by atoms with Crippen LogP contribution in [0.5, 0.6) is 0 Å². The molecule has 2 atom stereocenters. The van der Waals surface area contributed by atoms with Gasteiger partial charge in [-0.05, 0) is 33.6 Å². The van der Waals surface area contributed by atoms with Crippen LogP contribution in [0.15, 0.2) is 22.7 Å². The molecule has 0 aliphatic heterocycles. The van der Waals surface area contributed by atoms with Crippen molar-refractivity contribution in [3.8, 4) is 0 Å². The maximum Gasteiger partial charge on any atom is 0.185 e. The van der Waals surface area contributed by atoms with Gasteiger partial charge in [0.1, 0.15) is 6.10 Å². The lowest BCUT2D eigenvalue weighted by molar-refractivity contribution is -0.109. The number of thioether (sulfide) groups is 1. The van der Waals surface area contributed by atoms with Crippen molar-refractivity contribution in [2.45, 2.75) is 19.1 Å². The maximum atomic E-state index is 10.8. The topological polar surface area (TPSA) is 57.5 Å². The number of hydrogen-bond donors (Lipinski definition) is 2. The predicted molar refractivity (Wildman–Crippen MR) is 73.3 cm³/mol. The molecule has 0 heterocycles. The number of carbonyl (C=O) groups is 1. The van der Waals surface area contributed by atoms with Crippen LogP contribution in [-0.2, 0) is 4.79 Å². The van der Waals surface area contributed by atoms with Gasteiger partial charge in [0.15, 0.2) is 5.12 Å².